The first kappa shape index (κ1) is 14.7. The zero-order valence-corrected chi connectivity index (χ0v) is 17.8. The van der Waals surface area contributed by atoms with Gasteiger partial charge < -0.3 is 14.2 Å². The lowest BCUT2D eigenvalue weighted by molar-refractivity contribution is -0.0656. The van der Waals surface area contributed by atoms with Gasteiger partial charge in [-0.1, -0.05) is 35.9 Å². The molecule has 0 aliphatic carbocycles. The molecule has 0 spiro atoms. The lowest BCUT2D eigenvalue weighted by Gasteiger charge is -2.47. The minimum absolute atomic E-state index is 0.137. The Morgan fingerprint density at radius 2 is 1.93 bits per heavy atom. The van der Waals surface area contributed by atoms with Gasteiger partial charge in [-0.15, -0.1) is 6.58 Å². The summed E-state index contributed by atoms with van der Waals surface area (Å²) in [5.74, 6) is -1.42. The zero-order chi connectivity index (χ0) is 26.5. The number of methoxy groups -OCH3 is 2. The summed E-state index contributed by atoms with van der Waals surface area (Å²) >= 11 is 0. The van der Waals surface area contributed by atoms with Crippen LogP contribution in [-0.4, -0.2) is 38.2 Å². The van der Waals surface area contributed by atoms with Crippen molar-refractivity contribution in [1.82, 2.24) is 4.90 Å². The van der Waals surface area contributed by atoms with Gasteiger partial charge in [0.25, 0.3) is 0 Å². The summed E-state index contributed by atoms with van der Waals surface area (Å²) in [5, 5.41) is 0. The van der Waals surface area contributed by atoms with E-state index in [4.69, 9.17) is 14.2 Å². The third-order valence-corrected chi connectivity index (χ3v) is 5.40. The number of nitrogens with zero attached hydrogens (tertiary/aromatic N) is 1. The van der Waals surface area contributed by atoms with Crippen LogP contribution in [0.2, 0.25) is 0 Å². The van der Waals surface area contributed by atoms with Crippen LogP contribution in [0.3, 0.4) is 0 Å². The summed E-state index contributed by atoms with van der Waals surface area (Å²) in [4.78, 5) is 1.38. The summed E-state index contributed by atoms with van der Waals surface area (Å²) in [6, 6.07) is 11.3. The number of hydrogen-bond donors (Lipinski definition) is 0. The Balaban J connectivity index is 1.91. The van der Waals surface area contributed by atoms with Crippen LogP contribution in [0.4, 0.5) is 0 Å². The smallest absolute Gasteiger partial charge is 0.161 e. The highest BCUT2D eigenvalue weighted by molar-refractivity contribution is 5.49. The molecular formula is C26H33NO3. The van der Waals surface area contributed by atoms with Crippen LogP contribution in [0.1, 0.15) is 50.7 Å². The van der Waals surface area contributed by atoms with E-state index in [-0.39, 0.29) is 19.6 Å². The highest BCUT2D eigenvalue weighted by Crippen LogP contribution is 2.44. The minimum atomic E-state index is -2.58. The molecule has 1 fully saturated rings. The van der Waals surface area contributed by atoms with Gasteiger partial charge in [0, 0.05) is 31.8 Å². The van der Waals surface area contributed by atoms with E-state index in [1.165, 1.54) is 19.1 Å². The average molecular weight is 414 g/mol. The van der Waals surface area contributed by atoms with E-state index in [0.717, 1.165) is 5.56 Å². The Labute approximate surface area is 188 Å². The second-order valence-electron chi connectivity index (χ2n) is 7.72. The maximum Gasteiger partial charge on any atom is 0.161 e. The van der Waals surface area contributed by atoms with E-state index in [2.05, 4.69) is 6.58 Å². The monoisotopic (exact) mass is 413 g/mol. The highest BCUT2D eigenvalue weighted by atomic mass is 16.5. The first-order valence-electron chi connectivity index (χ1n) is 13.2. The lowest BCUT2D eigenvalue weighted by Crippen LogP contribution is -2.48. The quantitative estimate of drug-likeness (QED) is 0.586. The second kappa shape index (κ2) is 9.23. The molecular weight excluding hydrogens is 374 g/mol. The second-order valence-corrected chi connectivity index (χ2v) is 7.72. The largest absolute Gasteiger partial charge is 0.493 e. The van der Waals surface area contributed by atoms with Crippen LogP contribution < -0.4 is 9.47 Å². The third kappa shape index (κ3) is 4.40. The maximum absolute atomic E-state index is 9.47. The molecule has 4 rings (SSSR count). The third-order valence-electron chi connectivity index (χ3n) is 5.40. The summed E-state index contributed by atoms with van der Waals surface area (Å²) in [6.07, 6.45) is -4.87. The molecule has 0 amide bonds. The Morgan fingerprint density at radius 3 is 2.63 bits per heavy atom. The number of hydrogen-bond acceptors (Lipinski definition) is 4. The fourth-order valence-electron chi connectivity index (χ4n) is 3.94. The van der Waals surface area contributed by atoms with Crippen molar-refractivity contribution < 1.29 is 22.4 Å². The van der Waals surface area contributed by atoms with E-state index in [9.17, 15) is 8.22 Å². The molecule has 1 saturated heterocycles. The number of allylic oxidation sites excluding steroid dienone is 1. The summed E-state index contributed by atoms with van der Waals surface area (Å²) in [5.41, 5.74) is 2.48. The first-order valence-corrected chi connectivity index (χ1v) is 10.2. The van der Waals surface area contributed by atoms with Crippen molar-refractivity contribution in [2.45, 2.75) is 44.9 Å². The number of benzene rings is 2. The molecule has 4 heteroatoms. The van der Waals surface area contributed by atoms with Crippen molar-refractivity contribution in [3.8, 4) is 11.5 Å². The predicted molar refractivity (Wildman–Crippen MR) is 120 cm³/mol. The average Bonchev–Trinajstić information content (AvgIpc) is 2.84. The summed E-state index contributed by atoms with van der Waals surface area (Å²) in [7, 11) is 3.01. The number of piperidine rings is 1. The van der Waals surface area contributed by atoms with Crippen molar-refractivity contribution >= 4 is 0 Å². The fourth-order valence-corrected chi connectivity index (χ4v) is 3.94. The highest BCUT2D eigenvalue weighted by Gasteiger charge is 2.39. The van der Waals surface area contributed by atoms with Gasteiger partial charge in [0.15, 0.2) is 11.5 Å². The van der Waals surface area contributed by atoms with Gasteiger partial charge in [-0.05, 0) is 55.0 Å². The molecule has 0 saturated carbocycles. The van der Waals surface area contributed by atoms with Gasteiger partial charge in [0.1, 0.15) is 0 Å². The molecule has 0 bridgehead atoms. The summed E-state index contributed by atoms with van der Waals surface area (Å²) < 4.78 is 72.8. The van der Waals surface area contributed by atoms with Crippen molar-refractivity contribution in [3.05, 3.63) is 71.3 Å². The van der Waals surface area contributed by atoms with Gasteiger partial charge in [0.05, 0.1) is 28.3 Å². The molecule has 2 aromatic carbocycles. The van der Waals surface area contributed by atoms with E-state index in [1.807, 2.05) is 18.2 Å². The number of fused-ring (bicyclic) bond motifs is 3. The van der Waals surface area contributed by atoms with Crippen molar-refractivity contribution in [2.75, 3.05) is 27.3 Å². The molecule has 2 aliphatic heterocycles. The topological polar surface area (TPSA) is 30.9 Å². The Morgan fingerprint density at radius 1 is 1.20 bits per heavy atom. The molecule has 2 aromatic rings. The molecule has 0 radical (unpaired) electrons. The fraction of sp³-hybridized carbons (Fsp3) is 0.462. The van der Waals surface area contributed by atoms with Crippen LogP contribution >= 0.6 is 0 Å². The summed E-state index contributed by atoms with van der Waals surface area (Å²) in [6.45, 7) is 3.16. The molecule has 30 heavy (non-hydrogen) atoms. The zero-order valence-electron chi connectivity index (χ0n) is 23.8. The van der Waals surface area contributed by atoms with Crippen LogP contribution in [-0.2, 0) is 17.8 Å². The van der Waals surface area contributed by atoms with E-state index in [1.54, 1.807) is 31.2 Å². The van der Waals surface area contributed by atoms with Gasteiger partial charge >= 0.3 is 0 Å². The minimum Gasteiger partial charge on any atom is -0.493 e. The maximum atomic E-state index is 9.47. The predicted octanol–water partition coefficient (Wildman–Crippen LogP) is 5.17. The van der Waals surface area contributed by atoms with Crippen molar-refractivity contribution in [3.63, 3.8) is 0 Å². The molecule has 2 heterocycles. The lowest BCUT2D eigenvalue weighted by atomic mass is 9.79. The van der Waals surface area contributed by atoms with Crippen LogP contribution in [0.25, 0.3) is 0 Å². The molecule has 2 aliphatic rings. The molecule has 4 nitrogen and oxygen atoms in total. The standard InChI is InChI=1S/C26H33NO3/c1-18(2)12-21-16-27-11-10-20-13-25(28-3)26(29-4)14-22(20)23(27)15-24(21)30-17-19-8-6-5-7-9-19/h5-9,13-14,21,23-24H,1,10-12,15-17H2,2-4H3/i15D2,16D2,21D,24D. The Hall–Kier alpha value is -2.30. The first-order chi connectivity index (χ1) is 16.8. The van der Waals surface area contributed by atoms with E-state index in [0.29, 0.717) is 34.6 Å². The number of ether oxygens (including phenoxy) is 3. The van der Waals surface area contributed by atoms with Crippen LogP contribution in [0.5, 0.6) is 11.5 Å². The van der Waals surface area contributed by atoms with Crippen LogP contribution in [0, 0.1) is 5.89 Å². The van der Waals surface area contributed by atoms with Crippen LogP contribution in [0.15, 0.2) is 54.6 Å². The molecule has 3 atom stereocenters. The molecule has 160 valence electrons. The van der Waals surface area contributed by atoms with Crippen molar-refractivity contribution in [1.29, 1.82) is 0 Å². The van der Waals surface area contributed by atoms with Gasteiger partial charge in [0.2, 0.25) is 0 Å². The molecule has 3 unspecified atom stereocenters. The Kier molecular flexibility index (Phi) is 4.51. The van der Waals surface area contributed by atoms with E-state index >= 15 is 0 Å². The van der Waals surface area contributed by atoms with E-state index < -0.39 is 30.9 Å². The normalized spacial score (nSPS) is 34.6. The Bertz CT molecular complexity index is 1140. The van der Waals surface area contributed by atoms with Gasteiger partial charge in [-0.2, -0.15) is 0 Å². The van der Waals surface area contributed by atoms with Crippen molar-refractivity contribution in [2.24, 2.45) is 5.89 Å². The molecule has 0 aromatic heterocycles. The SMILES string of the molecule is [2H]C1([2H])C2c3cc(OC)c(OC)cc3CCN2C([2H])([2H])C([2H])(CC(=C)C)C1([2H])OCc1ccccc1. The van der Waals surface area contributed by atoms with Gasteiger partial charge in [-0.3, -0.25) is 4.90 Å². The molecule has 0 N–H and O–H groups in total. The van der Waals surface area contributed by atoms with Gasteiger partial charge in [-0.25, -0.2) is 0 Å². The number of rotatable bonds is 7.